The molecular formula is C16H25NO3S. The Balaban J connectivity index is 2.35. The minimum absolute atomic E-state index is 0.182. The van der Waals surface area contributed by atoms with Crippen LogP contribution in [0, 0.1) is 12.8 Å². The highest BCUT2D eigenvalue weighted by Crippen LogP contribution is 2.36. The van der Waals surface area contributed by atoms with Crippen molar-refractivity contribution in [3.05, 3.63) is 23.3 Å². The molecule has 0 bridgehead atoms. The van der Waals surface area contributed by atoms with Crippen molar-refractivity contribution in [1.82, 2.24) is 0 Å². The monoisotopic (exact) mass is 311 g/mol. The van der Waals surface area contributed by atoms with E-state index < -0.39 is 10.0 Å². The molecule has 0 unspecified atom stereocenters. The van der Waals surface area contributed by atoms with Crippen LogP contribution in [0.5, 0.6) is 5.75 Å². The Morgan fingerprint density at radius 2 is 1.90 bits per heavy atom. The summed E-state index contributed by atoms with van der Waals surface area (Å²) in [6.07, 6.45) is 3.68. The molecule has 1 aromatic rings. The van der Waals surface area contributed by atoms with Crippen LogP contribution >= 0.6 is 0 Å². The fraction of sp³-hybridized carbons (Fsp3) is 0.625. The van der Waals surface area contributed by atoms with Crippen LogP contribution in [0.25, 0.3) is 0 Å². The van der Waals surface area contributed by atoms with Gasteiger partial charge in [-0.25, -0.2) is 13.6 Å². The Hall–Kier alpha value is -1.07. The summed E-state index contributed by atoms with van der Waals surface area (Å²) in [5.74, 6) is 1.58. The van der Waals surface area contributed by atoms with Gasteiger partial charge in [-0.3, -0.25) is 0 Å². The molecule has 0 atom stereocenters. The molecular weight excluding hydrogens is 286 g/mol. The summed E-state index contributed by atoms with van der Waals surface area (Å²) in [4.78, 5) is 0.182. The predicted molar refractivity (Wildman–Crippen MR) is 84.1 cm³/mol. The molecule has 2 rings (SSSR count). The second kappa shape index (κ2) is 5.61. The second-order valence-electron chi connectivity index (χ2n) is 6.99. The zero-order chi connectivity index (χ0) is 15.8. The molecule has 0 spiro atoms. The van der Waals surface area contributed by atoms with Gasteiger partial charge in [-0.2, -0.15) is 0 Å². The van der Waals surface area contributed by atoms with Crippen molar-refractivity contribution in [3.63, 3.8) is 0 Å². The van der Waals surface area contributed by atoms with Crippen LogP contribution in [0.15, 0.2) is 17.0 Å². The average molecular weight is 311 g/mol. The van der Waals surface area contributed by atoms with E-state index >= 15 is 0 Å². The lowest BCUT2D eigenvalue weighted by Gasteiger charge is -2.24. The molecule has 2 N–H and O–H groups in total. The molecule has 118 valence electrons. The number of primary sulfonamides is 1. The van der Waals surface area contributed by atoms with E-state index in [0.29, 0.717) is 12.2 Å². The fourth-order valence-electron chi connectivity index (χ4n) is 2.42. The minimum atomic E-state index is -3.71. The first-order valence-corrected chi connectivity index (χ1v) is 8.94. The van der Waals surface area contributed by atoms with Crippen LogP contribution in [0.1, 0.15) is 51.2 Å². The van der Waals surface area contributed by atoms with E-state index in [2.05, 4.69) is 0 Å². The maximum Gasteiger partial charge on any atom is 0.238 e. The number of benzene rings is 1. The first-order chi connectivity index (χ1) is 9.59. The van der Waals surface area contributed by atoms with Crippen molar-refractivity contribution < 1.29 is 13.2 Å². The third kappa shape index (κ3) is 4.20. The summed E-state index contributed by atoms with van der Waals surface area (Å²) in [5, 5.41) is 5.30. The van der Waals surface area contributed by atoms with Crippen molar-refractivity contribution >= 4 is 10.0 Å². The zero-order valence-corrected chi connectivity index (χ0v) is 14.1. The normalized spacial score (nSPS) is 16.0. The summed E-state index contributed by atoms with van der Waals surface area (Å²) in [6.45, 7) is 8.55. The molecule has 1 aliphatic carbocycles. The first-order valence-electron chi connectivity index (χ1n) is 7.40. The standard InChI is InChI=1S/C16H25NO3S/c1-11-9-14(20-8-7-12-5-6-12)13(16(2,3)4)10-15(11)21(17,18)19/h9-10,12H,5-8H2,1-4H3,(H2,17,18,19). The maximum atomic E-state index is 11.7. The molecule has 0 amide bonds. The van der Waals surface area contributed by atoms with Crippen LogP contribution in [-0.4, -0.2) is 15.0 Å². The lowest BCUT2D eigenvalue weighted by molar-refractivity contribution is 0.294. The number of hydrogen-bond acceptors (Lipinski definition) is 3. The smallest absolute Gasteiger partial charge is 0.238 e. The van der Waals surface area contributed by atoms with E-state index in [1.165, 1.54) is 12.8 Å². The van der Waals surface area contributed by atoms with Gasteiger partial charge in [-0.05, 0) is 42.4 Å². The Bertz CT molecular complexity index is 626. The van der Waals surface area contributed by atoms with Crippen molar-refractivity contribution in [2.45, 2.75) is 57.3 Å². The highest BCUT2D eigenvalue weighted by atomic mass is 32.2. The van der Waals surface area contributed by atoms with E-state index in [1.54, 1.807) is 19.1 Å². The number of rotatable bonds is 5. The Morgan fingerprint density at radius 3 is 2.38 bits per heavy atom. The molecule has 0 aromatic heterocycles. The maximum absolute atomic E-state index is 11.7. The minimum Gasteiger partial charge on any atom is -0.493 e. The van der Waals surface area contributed by atoms with Crippen LogP contribution in [-0.2, 0) is 15.4 Å². The summed E-state index contributed by atoms with van der Waals surface area (Å²) >= 11 is 0. The number of sulfonamides is 1. The Labute approximate surface area is 127 Å². The van der Waals surface area contributed by atoms with Gasteiger partial charge in [0.25, 0.3) is 0 Å². The lowest BCUT2D eigenvalue weighted by Crippen LogP contribution is -2.19. The van der Waals surface area contributed by atoms with Crippen LogP contribution in [0.2, 0.25) is 0 Å². The second-order valence-corrected chi connectivity index (χ2v) is 8.52. The average Bonchev–Trinajstić information content (AvgIpc) is 3.09. The molecule has 0 radical (unpaired) electrons. The summed E-state index contributed by atoms with van der Waals surface area (Å²) in [7, 11) is -3.71. The van der Waals surface area contributed by atoms with E-state index in [4.69, 9.17) is 9.88 Å². The van der Waals surface area contributed by atoms with Crippen molar-refractivity contribution in [3.8, 4) is 5.75 Å². The van der Waals surface area contributed by atoms with Gasteiger partial charge in [0, 0.05) is 5.56 Å². The van der Waals surface area contributed by atoms with E-state index in [1.807, 2.05) is 20.8 Å². The molecule has 0 saturated heterocycles. The van der Waals surface area contributed by atoms with Gasteiger partial charge in [-0.15, -0.1) is 0 Å². The van der Waals surface area contributed by atoms with Crippen molar-refractivity contribution in [2.24, 2.45) is 11.1 Å². The highest BCUT2D eigenvalue weighted by Gasteiger charge is 2.25. The Morgan fingerprint density at radius 1 is 1.29 bits per heavy atom. The molecule has 1 saturated carbocycles. The van der Waals surface area contributed by atoms with Gasteiger partial charge >= 0.3 is 0 Å². The van der Waals surface area contributed by atoms with E-state index in [-0.39, 0.29) is 10.3 Å². The van der Waals surface area contributed by atoms with E-state index in [9.17, 15) is 8.42 Å². The largest absolute Gasteiger partial charge is 0.493 e. The van der Waals surface area contributed by atoms with Gasteiger partial charge in [0.1, 0.15) is 5.75 Å². The van der Waals surface area contributed by atoms with E-state index in [0.717, 1.165) is 23.7 Å². The number of aryl methyl sites for hydroxylation is 1. The third-order valence-electron chi connectivity index (χ3n) is 3.87. The predicted octanol–water partition coefficient (Wildman–Crippen LogP) is 3.12. The summed E-state index contributed by atoms with van der Waals surface area (Å²) in [5.41, 5.74) is 1.31. The topological polar surface area (TPSA) is 69.4 Å². The zero-order valence-electron chi connectivity index (χ0n) is 13.3. The molecule has 1 fully saturated rings. The van der Waals surface area contributed by atoms with Gasteiger partial charge in [0.2, 0.25) is 10.0 Å². The van der Waals surface area contributed by atoms with Crippen LogP contribution in [0.4, 0.5) is 0 Å². The first kappa shape index (κ1) is 16.3. The molecule has 0 heterocycles. The molecule has 5 heteroatoms. The molecule has 4 nitrogen and oxygen atoms in total. The highest BCUT2D eigenvalue weighted by molar-refractivity contribution is 7.89. The molecule has 21 heavy (non-hydrogen) atoms. The van der Waals surface area contributed by atoms with Crippen LogP contribution in [0.3, 0.4) is 0 Å². The quantitative estimate of drug-likeness (QED) is 0.908. The molecule has 0 aliphatic heterocycles. The Kier molecular flexibility index (Phi) is 4.36. The fourth-order valence-corrected chi connectivity index (χ4v) is 3.21. The van der Waals surface area contributed by atoms with Gasteiger partial charge in [0.05, 0.1) is 11.5 Å². The van der Waals surface area contributed by atoms with Gasteiger partial charge in [0.15, 0.2) is 0 Å². The molecule has 1 aliphatic rings. The van der Waals surface area contributed by atoms with Gasteiger partial charge < -0.3 is 4.74 Å². The van der Waals surface area contributed by atoms with Crippen LogP contribution < -0.4 is 9.88 Å². The number of hydrogen-bond donors (Lipinski definition) is 1. The molecule has 1 aromatic carbocycles. The lowest BCUT2D eigenvalue weighted by atomic mass is 9.86. The van der Waals surface area contributed by atoms with Crippen molar-refractivity contribution in [2.75, 3.05) is 6.61 Å². The number of ether oxygens (including phenoxy) is 1. The van der Waals surface area contributed by atoms with Crippen molar-refractivity contribution in [1.29, 1.82) is 0 Å². The summed E-state index contributed by atoms with van der Waals surface area (Å²) < 4.78 is 29.3. The number of nitrogens with two attached hydrogens (primary N) is 1. The SMILES string of the molecule is Cc1cc(OCCC2CC2)c(C(C)(C)C)cc1S(N)(=O)=O. The third-order valence-corrected chi connectivity index (χ3v) is 4.93. The van der Waals surface area contributed by atoms with Gasteiger partial charge in [-0.1, -0.05) is 33.6 Å². The summed E-state index contributed by atoms with van der Waals surface area (Å²) in [6, 6.07) is 3.46.